The molecule has 2 unspecified atom stereocenters. The van der Waals surface area contributed by atoms with E-state index in [1.165, 1.54) is 0 Å². The van der Waals surface area contributed by atoms with Gasteiger partial charge in [0.15, 0.2) is 0 Å². The van der Waals surface area contributed by atoms with Gasteiger partial charge in [-0.1, -0.05) is 28.1 Å². The van der Waals surface area contributed by atoms with E-state index >= 15 is 0 Å². The van der Waals surface area contributed by atoms with Crippen LogP contribution in [0.25, 0.3) is 0 Å². The first-order valence-corrected chi connectivity index (χ1v) is 7.10. The molecule has 1 fully saturated rings. The first-order chi connectivity index (χ1) is 9.06. The van der Waals surface area contributed by atoms with Crippen molar-refractivity contribution in [1.82, 2.24) is 5.32 Å². The number of hydrogen-bond acceptors (Lipinski definition) is 2. The van der Waals surface area contributed by atoms with Crippen molar-refractivity contribution in [3.8, 4) is 0 Å². The van der Waals surface area contributed by atoms with Crippen LogP contribution in [0.3, 0.4) is 0 Å². The summed E-state index contributed by atoms with van der Waals surface area (Å²) in [4.78, 5) is 22.8. The highest BCUT2D eigenvalue weighted by Gasteiger charge is 2.33. The van der Waals surface area contributed by atoms with Crippen LogP contribution in [-0.2, 0) is 16.1 Å². The third-order valence-corrected chi connectivity index (χ3v) is 4.00. The minimum absolute atomic E-state index is 0.0382. The maximum Gasteiger partial charge on any atom is 0.306 e. The smallest absolute Gasteiger partial charge is 0.306 e. The van der Waals surface area contributed by atoms with Crippen LogP contribution >= 0.6 is 15.9 Å². The Balaban J connectivity index is 1.84. The van der Waals surface area contributed by atoms with Gasteiger partial charge in [-0.3, -0.25) is 9.59 Å². The molecule has 1 saturated carbocycles. The molecule has 0 spiro atoms. The maximum atomic E-state index is 12.0. The van der Waals surface area contributed by atoms with E-state index in [0.717, 1.165) is 10.0 Å². The van der Waals surface area contributed by atoms with Gasteiger partial charge in [0.2, 0.25) is 5.91 Å². The van der Waals surface area contributed by atoms with Crippen molar-refractivity contribution >= 4 is 27.8 Å². The molecular formula is C14H16BrNO3. The normalized spacial score (nSPS) is 22.2. The Morgan fingerprint density at radius 2 is 2.05 bits per heavy atom. The van der Waals surface area contributed by atoms with Gasteiger partial charge in [0, 0.05) is 16.9 Å². The summed E-state index contributed by atoms with van der Waals surface area (Å²) in [6.45, 7) is 0.479. The van der Waals surface area contributed by atoms with Crippen LogP contribution in [0.15, 0.2) is 28.7 Å². The van der Waals surface area contributed by atoms with Gasteiger partial charge < -0.3 is 10.4 Å². The van der Waals surface area contributed by atoms with Crippen molar-refractivity contribution in [1.29, 1.82) is 0 Å². The summed E-state index contributed by atoms with van der Waals surface area (Å²) < 4.78 is 0.978. The Labute approximate surface area is 120 Å². The lowest BCUT2D eigenvalue weighted by Crippen LogP contribution is -2.29. The van der Waals surface area contributed by atoms with Gasteiger partial charge in [-0.15, -0.1) is 0 Å². The summed E-state index contributed by atoms with van der Waals surface area (Å²) in [6, 6.07) is 7.75. The molecule has 1 aliphatic carbocycles. The van der Waals surface area contributed by atoms with Gasteiger partial charge in [-0.05, 0) is 37.0 Å². The Morgan fingerprint density at radius 3 is 2.68 bits per heavy atom. The molecule has 1 aromatic carbocycles. The summed E-state index contributed by atoms with van der Waals surface area (Å²) in [5.41, 5.74) is 1.02. The first kappa shape index (κ1) is 14.1. The molecule has 1 aromatic rings. The molecule has 0 radical (unpaired) electrons. The van der Waals surface area contributed by atoms with Gasteiger partial charge in [-0.25, -0.2) is 0 Å². The number of halogens is 1. The van der Waals surface area contributed by atoms with Gasteiger partial charge in [0.05, 0.1) is 5.92 Å². The lowest BCUT2D eigenvalue weighted by Gasteiger charge is -2.11. The number of carboxylic acids is 1. The van der Waals surface area contributed by atoms with Gasteiger partial charge >= 0.3 is 5.97 Å². The zero-order chi connectivity index (χ0) is 13.8. The van der Waals surface area contributed by atoms with Crippen molar-refractivity contribution in [3.63, 3.8) is 0 Å². The van der Waals surface area contributed by atoms with E-state index in [2.05, 4.69) is 21.2 Å². The number of benzene rings is 1. The highest BCUT2D eigenvalue weighted by atomic mass is 79.9. The average molecular weight is 326 g/mol. The Bertz CT molecular complexity index is 489. The number of carbonyl (C=O) groups excluding carboxylic acids is 1. The molecule has 2 N–H and O–H groups in total. The van der Waals surface area contributed by atoms with Crippen LogP contribution in [0.1, 0.15) is 24.8 Å². The number of rotatable bonds is 4. The molecule has 102 valence electrons. The second-order valence-electron chi connectivity index (χ2n) is 4.89. The summed E-state index contributed by atoms with van der Waals surface area (Å²) in [7, 11) is 0. The van der Waals surface area contributed by atoms with E-state index in [9.17, 15) is 9.59 Å². The van der Waals surface area contributed by atoms with Crippen LogP contribution in [-0.4, -0.2) is 17.0 Å². The second kappa shape index (κ2) is 6.19. The molecule has 0 bridgehead atoms. The molecule has 0 aromatic heterocycles. The standard InChI is InChI=1S/C14H16BrNO3/c15-12-3-1-2-9(6-12)8-16-13(17)10-4-5-11(7-10)14(18)19/h1-3,6,10-11H,4-5,7-8H2,(H,16,17)(H,18,19). The highest BCUT2D eigenvalue weighted by molar-refractivity contribution is 9.10. The van der Waals surface area contributed by atoms with E-state index in [0.29, 0.717) is 25.8 Å². The fraction of sp³-hybridized carbons (Fsp3) is 0.429. The predicted octanol–water partition coefficient (Wildman–Crippen LogP) is 2.57. The third-order valence-electron chi connectivity index (χ3n) is 3.51. The number of amides is 1. The number of carboxylic acid groups (broad SMARTS) is 1. The molecule has 2 atom stereocenters. The minimum Gasteiger partial charge on any atom is -0.481 e. The molecule has 5 heteroatoms. The number of carbonyl (C=O) groups is 2. The van der Waals surface area contributed by atoms with Crippen molar-refractivity contribution in [2.45, 2.75) is 25.8 Å². The largest absolute Gasteiger partial charge is 0.481 e. The van der Waals surface area contributed by atoms with Crippen LogP contribution in [0.2, 0.25) is 0 Å². The monoisotopic (exact) mass is 325 g/mol. The van der Waals surface area contributed by atoms with Crippen LogP contribution in [0, 0.1) is 11.8 Å². The molecule has 19 heavy (non-hydrogen) atoms. The number of aliphatic carboxylic acids is 1. The van der Waals surface area contributed by atoms with Gasteiger partial charge in [0.1, 0.15) is 0 Å². The molecule has 0 heterocycles. The van der Waals surface area contributed by atoms with E-state index in [-0.39, 0.29) is 17.7 Å². The minimum atomic E-state index is -0.790. The fourth-order valence-electron chi connectivity index (χ4n) is 2.42. The zero-order valence-corrected chi connectivity index (χ0v) is 12.0. The van der Waals surface area contributed by atoms with Gasteiger partial charge in [-0.2, -0.15) is 0 Å². The van der Waals surface area contributed by atoms with Crippen LogP contribution in [0.4, 0.5) is 0 Å². The van der Waals surface area contributed by atoms with Crippen LogP contribution < -0.4 is 5.32 Å². The van der Waals surface area contributed by atoms with E-state index in [1.54, 1.807) is 0 Å². The summed E-state index contributed by atoms with van der Waals surface area (Å²) >= 11 is 3.38. The summed E-state index contributed by atoms with van der Waals surface area (Å²) in [5, 5.41) is 11.8. The summed E-state index contributed by atoms with van der Waals surface area (Å²) in [5.74, 6) is -1.35. The quantitative estimate of drug-likeness (QED) is 0.894. The lowest BCUT2D eigenvalue weighted by atomic mass is 10.0. The van der Waals surface area contributed by atoms with E-state index in [4.69, 9.17) is 5.11 Å². The molecule has 4 nitrogen and oxygen atoms in total. The Hall–Kier alpha value is -1.36. The molecule has 2 rings (SSSR count). The number of nitrogens with one attached hydrogen (secondary N) is 1. The lowest BCUT2D eigenvalue weighted by molar-refractivity contribution is -0.141. The molecule has 0 saturated heterocycles. The molecule has 1 amide bonds. The maximum absolute atomic E-state index is 12.0. The second-order valence-corrected chi connectivity index (χ2v) is 5.81. The first-order valence-electron chi connectivity index (χ1n) is 6.31. The zero-order valence-electron chi connectivity index (χ0n) is 10.4. The SMILES string of the molecule is O=C(O)C1CCC(C(=O)NCc2cccc(Br)c2)C1. The fourth-order valence-corrected chi connectivity index (χ4v) is 2.87. The topological polar surface area (TPSA) is 66.4 Å². The Kier molecular flexibility index (Phi) is 4.58. The van der Waals surface area contributed by atoms with E-state index < -0.39 is 5.97 Å². The summed E-state index contributed by atoms with van der Waals surface area (Å²) in [6.07, 6.45) is 1.73. The average Bonchev–Trinajstić information content (AvgIpc) is 2.86. The van der Waals surface area contributed by atoms with Crippen molar-refractivity contribution in [2.75, 3.05) is 0 Å². The third kappa shape index (κ3) is 3.80. The highest BCUT2D eigenvalue weighted by Crippen LogP contribution is 2.31. The molecular weight excluding hydrogens is 310 g/mol. The van der Waals surface area contributed by atoms with Crippen molar-refractivity contribution in [2.24, 2.45) is 11.8 Å². The van der Waals surface area contributed by atoms with Crippen molar-refractivity contribution in [3.05, 3.63) is 34.3 Å². The van der Waals surface area contributed by atoms with Crippen LogP contribution in [0.5, 0.6) is 0 Å². The van der Waals surface area contributed by atoms with E-state index in [1.807, 2.05) is 24.3 Å². The van der Waals surface area contributed by atoms with Gasteiger partial charge in [0.25, 0.3) is 0 Å². The number of hydrogen-bond donors (Lipinski definition) is 2. The molecule has 1 aliphatic rings. The predicted molar refractivity (Wildman–Crippen MR) is 74.5 cm³/mol. The Morgan fingerprint density at radius 1 is 1.32 bits per heavy atom. The van der Waals surface area contributed by atoms with Crippen molar-refractivity contribution < 1.29 is 14.7 Å². The molecule has 0 aliphatic heterocycles.